The zero-order chi connectivity index (χ0) is 35.8. The molecule has 3 aromatic carbocycles. The molecule has 2 heterocycles. The second kappa shape index (κ2) is 16.4. The molecule has 0 bridgehead atoms. The Kier molecular flexibility index (Phi) is 12.1. The van der Waals surface area contributed by atoms with Gasteiger partial charge in [-0.3, -0.25) is 4.79 Å². The van der Waals surface area contributed by atoms with Crippen LogP contribution in [0.5, 0.6) is 5.88 Å². The Morgan fingerprint density at radius 2 is 1.72 bits per heavy atom. The third kappa shape index (κ3) is 8.41. The number of sulfonamides is 1. The number of carbonyl (C=O) groups is 2. The maximum Gasteiger partial charge on any atom is 0.407 e. The van der Waals surface area contributed by atoms with E-state index in [0.29, 0.717) is 35.1 Å². The molecule has 0 saturated carbocycles. The van der Waals surface area contributed by atoms with Gasteiger partial charge >= 0.3 is 6.09 Å². The van der Waals surface area contributed by atoms with Crippen molar-refractivity contribution in [2.75, 3.05) is 32.6 Å². The maximum atomic E-state index is 15.6. The number of hydrogen-bond donors (Lipinski definition) is 3. The summed E-state index contributed by atoms with van der Waals surface area (Å²) in [5.74, 6) is -1.65. The molecule has 1 aliphatic heterocycles. The first-order valence-electron chi connectivity index (χ1n) is 16.0. The number of methoxy groups -OCH3 is 2. The Labute approximate surface area is 296 Å². The van der Waals surface area contributed by atoms with Gasteiger partial charge in [0.2, 0.25) is 21.8 Å². The highest BCUT2D eigenvalue weighted by molar-refractivity contribution is 7.89. The number of pyridine rings is 1. The van der Waals surface area contributed by atoms with Crippen LogP contribution in [0, 0.1) is 5.82 Å². The van der Waals surface area contributed by atoms with Gasteiger partial charge < -0.3 is 25.4 Å². The molecule has 264 valence electrons. The highest BCUT2D eigenvalue weighted by Gasteiger charge is 2.38. The van der Waals surface area contributed by atoms with Crippen LogP contribution >= 0.6 is 11.6 Å². The van der Waals surface area contributed by atoms with Crippen molar-refractivity contribution in [1.29, 1.82) is 0 Å². The minimum atomic E-state index is -3.84. The van der Waals surface area contributed by atoms with E-state index in [0.717, 1.165) is 0 Å². The van der Waals surface area contributed by atoms with Gasteiger partial charge in [0, 0.05) is 59.6 Å². The van der Waals surface area contributed by atoms with Crippen molar-refractivity contribution in [3.05, 3.63) is 119 Å². The van der Waals surface area contributed by atoms with Gasteiger partial charge in [-0.15, -0.1) is 0 Å². The number of carbonyl (C=O) groups excluding carboxylic acids is 2. The fourth-order valence-corrected chi connectivity index (χ4v) is 8.25. The monoisotopic (exact) mass is 723 g/mol. The summed E-state index contributed by atoms with van der Waals surface area (Å²) in [5, 5.41) is 9.24. The molecule has 3 N–H and O–H groups in total. The molecule has 1 aromatic heterocycles. The molecule has 4 atom stereocenters. The number of amides is 2. The molecule has 1 fully saturated rings. The van der Waals surface area contributed by atoms with Gasteiger partial charge in [0.15, 0.2) is 0 Å². The largest absolute Gasteiger partial charge is 0.481 e. The Morgan fingerprint density at radius 3 is 2.38 bits per heavy atom. The molecule has 1 aliphatic rings. The van der Waals surface area contributed by atoms with Gasteiger partial charge in [-0.25, -0.2) is 22.6 Å². The second-order valence-corrected chi connectivity index (χ2v) is 14.2. The molecule has 0 radical (unpaired) electrons. The van der Waals surface area contributed by atoms with Crippen LogP contribution in [-0.4, -0.2) is 75.1 Å². The van der Waals surface area contributed by atoms with E-state index in [2.05, 4.69) is 20.9 Å². The van der Waals surface area contributed by atoms with Crippen molar-refractivity contribution < 1.29 is 31.9 Å². The molecule has 50 heavy (non-hydrogen) atoms. The van der Waals surface area contributed by atoms with E-state index in [1.165, 1.54) is 30.7 Å². The molecule has 5 rings (SSSR count). The van der Waals surface area contributed by atoms with E-state index in [9.17, 15) is 18.0 Å². The van der Waals surface area contributed by atoms with Gasteiger partial charge in [0.05, 0.1) is 19.1 Å². The molecular weight excluding hydrogens is 685 g/mol. The summed E-state index contributed by atoms with van der Waals surface area (Å²) in [6.45, 7) is 2.67. The topological polar surface area (TPSA) is 139 Å². The maximum absolute atomic E-state index is 15.6. The predicted octanol–water partition coefficient (Wildman–Crippen LogP) is 5.36. The van der Waals surface area contributed by atoms with E-state index >= 15 is 4.39 Å². The van der Waals surface area contributed by atoms with Crippen LogP contribution in [0.25, 0.3) is 0 Å². The van der Waals surface area contributed by atoms with Crippen LogP contribution in [0.2, 0.25) is 5.02 Å². The van der Waals surface area contributed by atoms with Crippen LogP contribution in [0.1, 0.15) is 36.0 Å². The second-order valence-electron chi connectivity index (χ2n) is 11.9. The predicted molar refractivity (Wildman–Crippen MR) is 188 cm³/mol. The lowest BCUT2D eigenvalue weighted by molar-refractivity contribution is -0.118. The fraction of sp³-hybridized carbons (Fsp3) is 0.306. The van der Waals surface area contributed by atoms with Gasteiger partial charge in [0.25, 0.3) is 0 Å². The molecule has 0 aliphatic carbocycles. The van der Waals surface area contributed by atoms with E-state index in [1.54, 1.807) is 79.0 Å². The number of benzene rings is 3. The van der Waals surface area contributed by atoms with Crippen molar-refractivity contribution >= 4 is 39.3 Å². The highest BCUT2D eigenvalue weighted by Crippen LogP contribution is 2.32. The van der Waals surface area contributed by atoms with Crippen LogP contribution in [0.15, 0.2) is 96.0 Å². The molecular formula is C36H39ClFN5O6S. The number of rotatable bonds is 12. The van der Waals surface area contributed by atoms with Crippen LogP contribution in [0.4, 0.5) is 14.9 Å². The first-order chi connectivity index (χ1) is 24.0. The van der Waals surface area contributed by atoms with Crippen molar-refractivity contribution in [2.24, 2.45) is 0 Å². The summed E-state index contributed by atoms with van der Waals surface area (Å²) in [4.78, 5) is 31.4. The lowest BCUT2D eigenvalue weighted by Gasteiger charge is -2.40. The Bertz CT molecular complexity index is 1880. The summed E-state index contributed by atoms with van der Waals surface area (Å²) >= 11 is 6.18. The third-order valence-corrected chi connectivity index (χ3v) is 11.0. The summed E-state index contributed by atoms with van der Waals surface area (Å²) in [5.41, 5.74) is 1.59. The number of nitrogens with zero attached hydrogens (tertiary/aromatic N) is 2. The minimum absolute atomic E-state index is 0.111. The number of halogens is 2. The summed E-state index contributed by atoms with van der Waals surface area (Å²) in [7, 11) is -1.18. The Morgan fingerprint density at radius 1 is 1.00 bits per heavy atom. The number of aromatic nitrogens is 1. The number of nitrogens with one attached hydrogen (secondary N) is 3. The average Bonchev–Trinajstić information content (AvgIpc) is 3.12. The molecule has 0 unspecified atom stereocenters. The van der Waals surface area contributed by atoms with Crippen LogP contribution in [0.3, 0.4) is 0 Å². The standard InChI is InChI=1S/C36H39ClFN5O6S/c1-23-20-39-22-27(43(23)50(46,47)28-8-5-4-6-9-28)17-18-29-30(38)10-7-11-31(29)41-35(44)34(42-36(45)49-3)33(24-12-15-26(37)16-13-24)25-14-19-32(48-2)40-21-25/h4-16,19,21,23,27,33-34,39H,17-18,20,22H2,1-3H3,(H,41,44)(H,42,45)/t23-,27-,33-,34-/m0/s1. The normalized spacial score (nSPS) is 17.7. The van der Waals surface area contributed by atoms with E-state index < -0.39 is 45.8 Å². The number of anilines is 1. The van der Waals surface area contributed by atoms with Gasteiger partial charge in [0.1, 0.15) is 11.9 Å². The smallest absolute Gasteiger partial charge is 0.407 e. The average molecular weight is 724 g/mol. The number of ether oxygens (including phenoxy) is 2. The lowest BCUT2D eigenvalue weighted by atomic mass is 9.85. The molecule has 14 heteroatoms. The highest BCUT2D eigenvalue weighted by atomic mass is 35.5. The SMILES string of the molecule is COC(=O)N[C@H](C(=O)Nc1cccc(F)c1CC[C@H]1CNC[C@H](C)N1S(=O)(=O)c1ccccc1)[C@@H](c1ccc(Cl)cc1)c1ccc(OC)nc1. The van der Waals surface area contributed by atoms with Crippen molar-refractivity contribution in [3.8, 4) is 5.88 Å². The van der Waals surface area contributed by atoms with Gasteiger partial charge in [-0.05, 0) is 67.3 Å². The molecule has 4 aromatic rings. The number of piperazine rings is 1. The van der Waals surface area contributed by atoms with Crippen molar-refractivity contribution in [1.82, 2.24) is 19.9 Å². The van der Waals surface area contributed by atoms with Crippen LogP contribution in [-0.2, 0) is 26.0 Å². The molecule has 0 spiro atoms. The zero-order valence-electron chi connectivity index (χ0n) is 27.8. The quantitative estimate of drug-likeness (QED) is 0.178. The molecule has 1 saturated heterocycles. The van der Waals surface area contributed by atoms with Gasteiger partial charge in [-0.1, -0.05) is 54.1 Å². The Hall–Kier alpha value is -4.56. The fourth-order valence-electron chi connectivity index (χ4n) is 6.26. The lowest BCUT2D eigenvalue weighted by Crippen LogP contribution is -2.58. The van der Waals surface area contributed by atoms with Crippen LogP contribution < -0.4 is 20.7 Å². The minimum Gasteiger partial charge on any atom is -0.481 e. The number of hydrogen-bond acceptors (Lipinski definition) is 8. The molecule has 11 nitrogen and oxygen atoms in total. The summed E-state index contributed by atoms with van der Waals surface area (Å²) < 4.78 is 54.6. The number of alkyl carbamates (subject to hydrolysis) is 1. The van der Waals surface area contributed by atoms with E-state index in [4.69, 9.17) is 21.1 Å². The first kappa shape index (κ1) is 36.7. The summed E-state index contributed by atoms with van der Waals surface area (Å²) in [6, 6.07) is 20.6. The van der Waals surface area contributed by atoms with E-state index in [-0.39, 0.29) is 35.0 Å². The van der Waals surface area contributed by atoms with Crippen molar-refractivity contribution in [3.63, 3.8) is 0 Å². The zero-order valence-corrected chi connectivity index (χ0v) is 29.4. The molecule has 2 amide bonds. The van der Waals surface area contributed by atoms with Crippen molar-refractivity contribution in [2.45, 2.75) is 48.7 Å². The van der Waals surface area contributed by atoms with Gasteiger partial charge in [-0.2, -0.15) is 4.31 Å². The van der Waals surface area contributed by atoms with E-state index in [1.807, 2.05) is 6.92 Å². The first-order valence-corrected chi connectivity index (χ1v) is 17.8. The Balaban J connectivity index is 1.45. The summed E-state index contributed by atoms with van der Waals surface area (Å²) in [6.07, 6.45) is 1.06. The third-order valence-electron chi connectivity index (χ3n) is 8.67.